The van der Waals surface area contributed by atoms with E-state index in [2.05, 4.69) is 20.6 Å². The third-order valence-corrected chi connectivity index (χ3v) is 4.88. The molecule has 7 heteroatoms. The lowest BCUT2D eigenvalue weighted by molar-refractivity contribution is -0.115. The van der Waals surface area contributed by atoms with Crippen LogP contribution in [0.15, 0.2) is 72.0 Å². The Morgan fingerprint density at radius 2 is 1.57 bits per heavy atom. The first kappa shape index (κ1) is 19.6. The molecule has 0 aliphatic rings. The number of nitrogens with one attached hydrogen (secondary N) is 2. The Morgan fingerprint density at radius 3 is 2.21 bits per heavy atom. The van der Waals surface area contributed by atoms with Crippen LogP contribution in [0.1, 0.15) is 13.8 Å². The number of aromatic nitrogens is 2. The molecule has 28 heavy (non-hydrogen) atoms. The molecule has 2 amide bonds. The van der Waals surface area contributed by atoms with Gasteiger partial charge in [-0.15, -0.1) is 0 Å². The monoisotopic (exact) mass is 392 g/mol. The van der Waals surface area contributed by atoms with E-state index in [0.29, 0.717) is 11.4 Å². The summed E-state index contributed by atoms with van der Waals surface area (Å²) in [5, 5.41) is 5.96. The number of benzene rings is 2. The van der Waals surface area contributed by atoms with Crippen LogP contribution in [-0.2, 0) is 9.59 Å². The SMILES string of the molecule is CC(=O)Nc1ccc(NC(=O)C(C)Sc2cc(-c3ccccc3)ncn2)cc1. The molecule has 142 valence electrons. The second kappa shape index (κ2) is 9.14. The highest BCUT2D eigenvalue weighted by Gasteiger charge is 2.16. The van der Waals surface area contributed by atoms with Crippen LogP contribution in [0.5, 0.6) is 0 Å². The maximum absolute atomic E-state index is 12.5. The van der Waals surface area contributed by atoms with E-state index >= 15 is 0 Å². The van der Waals surface area contributed by atoms with Gasteiger partial charge in [-0.25, -0.2) is 9.97 Å². The molecule has 0 aliphatic carbocycles. The van der Waals surface area contributed by atoms with Gasteiger partial charge in [-0.1, -0.05) is 42.1 Å². The Bertz CT molecular complexity index is 962. The minimum atomic E-state index is -0.339. The van der Waals surface area contributed by atoms with E-state index in [1.54, 1.807) is 24.3 Å². The summed E-state index contributed by atoms with van der Waals surface area (Å²) >= 11 is 1.37. The molecule has 2 N–H and O–H groups in total. The van der Waals surface area contributed by atoms with Gasteiger partial charge in [0.05, 0.1) is 10.9 Å². The highest BCUT2D eigenvalue weighted by atomic mass is 32.2. The number of nitrogens with zero attached hydrogens (tertiary/aromatic N) is 2. The lowest BCUT2D eigenvalue weighted by Crippen LogP contribution is -2.22. The molecule has 1 atom stereocenters. The highest BCUT2D eigenvalue weighted by Crippen LogP contribution is 2.26. The Hall–Kier alpha value is -3.19. The van der Waals surface area contributed by atoms with Crippen LogP contribution in [0.2, 0.25) is 0 Å². The fourth-order valence-electron chi connectivity index (χ4n) is 2.49. The van der Waals surface area contributed by atoms with Gasteiger partial charge in [0, 0.05) is 23.9 Å². The first-order chi connectivity index (χ1) is 13.5. The van der Waals surface area contributed by atoms with Crippen LogP contribution in [-0.4, -0.2) is 27.0 Å². The quantitative estimate of drug-likeness (QED) is 0.485. The maximum Gasteiger partial charge on any atom is 0.237 e. The van der Waals surface area contributed by atoms with Gasteiger partial charge in [-0.2, -0.15) is 0 Å². The van der Waals surface area contributed by atoms with Crippen molar-refractivity contribution in [1.82, 2.24) is 9.97 Å². The topological polar surface area (TPSA) is 84.0 Å². The highest BCUT2D eigenvalue weighted by molar-refractivity contribution is 8.00. The minimum Gasteiger partial charge on any atom is -0.326 e. The average molecular weight is 392 g/mol. The molecule has 2 aromatic carbocycles. The Balaban J connectivity index is 1.62. The average Bonchev–Trinajstić information content (AvgIpc) is 2.70. The molecule has 3 aromatic rings. The standard InChI is InChI=1S/C21H20N4O2S/c1-14(21(27)25-18-10-8-17(9-11-18)24-15(2)26)28-20-12-19(22-13-23-20)16-6-4-3-5-7-16/h3-14H,1-2H3,(H,24,26)(H,25,27). The predicted octanol–water partition coefficient (Wildman–Crippen LogP) is 4.22. The molecule has 0 aliphatic heterocycles. The summed E-state index contributed by atoms with van der Waals surface area (Å²) in [4.78, 5) is 32.1. The molecule has 6 nitrogen and oxygen atoms in total. The van der Waals surface area contributed by atoms with Crippen molar-refractivity contribution in [2.24, 2.45) is 0 Å². The largest absolute Gasteiger partial charge is 0.326 e. The lowest BCUT2D eigenvalue weighted by atomic mass is 10.1. The van der Waals surface area contributed by atoms with Crippen molar-refractivity contribution in [3.05, 3.63) is 67.0 Å². The van der Waals surface area contributed by atoms with Crippen molar-refractivity contribution in [3.8, 4) is 11.3 Å². The van der Waals surface area contributed by atoms with Gasteiger partial charge in [0.15, 0.2) is 0 Å². The Morgan fingerprint density at radius 1 is 0.929 bits per heavy atom. The Kier molecular flexibility index (Phi) is 6.39. The molecular formula is C21H20N4O2S. The fraction of sp³-hybridized carbons (Fsp3) is 0.143. The number of hydrogen-bond donors (Lipinski definition) is 2. The first-order valence-corrected chi connectivity index (χ1v) is 9.62. The molecular weight excluding hydrogens is 372 g/mol. The van der Waals surface area contributed by atoms with Crippen LogP contribution < -0.4 is 10.6 Å². The summed E-state index contributed by atoms with van der Waals surface area (Å²) < 4.78 is 0. The second-order valence-corrected chi connectivity index (χ2v) is 7.48. The van der Waals surface area contributed by atoms with Gasteiger partial charge in [0.1, 0.15) is 11.4 Å². The molecule has 0 radical (unpaired) electrons. The number of rotatable bonds is 6. The summed E-state index contributed by atoms with van der Waals surface area (Å²) in [5.74, 6) is -0.265. The van der Waals surface area contributed by atoms with Crippen molar-refractivity contribution < 1.29 is 9.59 Å². The molecule has 0 saturated heterocycles. The molecule has 1 heterocycles. The second-order valence-electron chi connectivity index (χ2n) is 6.12. The van der Waals surface area contributed by atoms with Crippen molar-refractivity contribution in [2.45, 2.75) is 24.1 Å². The Labute approximate surface area is 167 Å². The summed E-state index contributed by atoms with van der Waals surface area (Å²) in [6.45, 7) is 3.28. The predicted molar refractivity (Wildman–Crippen MR) is 112 cm³/mol. The van der Waals surface area contributed by atoms with Gasteiger partial charge >= 0.3 is 0 Å². The number of carbonyl (C=O) groups is 2. The van der Waals surface area contributed by atoms with E-state index in [4.69, 9.17) is 0 Å². The zero-order valence-electron chi connectivity index (χ0n) is 15.5. The molecule has 1 unspecified atom stereocenters. The van der Waals surface area contributed by atoms with Crippen LogP contribution in [0.25, 0.3) is 11.3 Å². The minimum absolute atomic E-state index is 0.128. The van der Waals surface area contributed by atoms with E-state index in [0.717, 1.165) is 16.3 Å². The van der Waals surface area contributed by atoms with E-state index in [9.17, 15) is 9.59 Å². The van der Waals surface area contributed by atoms with Gasteiger partial charge in [0.25, 0.3) is 0 Å². The van der Waals surface area contributed by atoms with E-state index in [1.807, 2.05) is 43.3 Å². The van der Waals surface area contributed by atoms with E-state index < -0.39 is 0 Å². The zero-order valence-corrected chi connectivity index (χ0v) is 16.4. The molecule has 0 bridgehead atoms. The van der Waals surface area contributed by atoms with Crippen molar-refractivity contribution >= 4 is 35.0 Å². The first-order valence-electron chi connectivity index (χ1n) is 8.74. The van der Waals surface area contributed by atoms with Gasteiger partial charge in [0.2, 0.25) is 11.8 Å². The number of amides is 2. The summed E-state index contributed by atoms with van der Waals surface area (Å²) in [5.41, 5.74) is 3.17. The van der Waals surface area contributed by atoms with Gasteiger partial charge in [-0.3, -0.25) is 9.59 Å². The number of thioether (sulfide) groups is 1. The van der Waals surface area contributed by atoms with E-state index in [-0.39, 0.29) is 17.1 Å². The number of carbonyl (C=O) groups excluding carboxylic acids is 2. The van der Waals surface area contributed by atoms with Gasteiger partial charge in [-0.05, 0) is 37.3 Å². The van der Waals surface area contributed by atoms with Crippen molar-refractivity contribution in [2.75, 3.05) is 10.6 Å². The fourth-order valence-corrected chi connectivity index (χ4v) is 3.31. The third-order valence-electron chi connectivity index (χ3n) is 3.85. The van der Waals surface area contributed by atoms with Crippen molar-refractivity contribution in [1.29, 1.82) is 0 Å². The summed E-state index contributed by atoms with van der Waals surface area (Å²) in [7, 11) is 0. The molecule has 1 aromatic heterocycles. The molecule has 0 fully saturated rings. The summed E-state index contributed by atoms with van der Waals surface area (Å²) in [6.07, 6.45) is 1.51. The normalized spacial score (nSPS) is 11.5. The lowest BCUT2D eigenvalue weighted by Gasteiger charge is -2.12. The van der Waals surface area contributed by atoms with E-state index in [1.165, 1.54) is 25.0 Å². The smallest absolute Gasteiger partial charge is 0.237 e. The molecule has 0 saturated carbocycles. The van der Waals surface area contributed by atoms with Crippen molar-refractivity contribution in [3.63, 3.8) is 0 Å². The maximum atomic E-state index is 12.5. The van der Waals surface area contributed by atoms with Crippen LogP contribution in [0.3, 0.4) is 0 Å². The van der Waals surface area contributed by atoms with Crippen LogP contribution in [0, 0.1) is 0 Å². The molecule has 3 rings (SSSR count). The van der Waals surface area contributed by atoms with Crippen LogP contribution in [0.4, 0.5) is 11.4 Å². The molecule has 0 spiro atoms. The summed E-state index contributed by atoms with van der Waals surface area (Å²) in [6, 6.07) is 18.7. The van der Waals surface area contributed by atoms with Crippen LogP contribution >= 0.6 is 11.8 Å². The third kappa shape index (κ3) is 5.40. The number of hydrogen-bond acceptors (Lipinski definition) is 5. The number of anilines is 2. The zero-order chi connectivity index (χ0) is 19.9. The van der Waals surface area contributed by atoms with Gasteiger partial charge < -0.3 is 10.6 Å².